The van der Waals surface area contributed by atoms with E-state index in [1.165, 1.54) is 6.20 Å². The van der Waals surface area contributed by atoms with Crippen molar-refractivity contribution in [3.05, 3.63) is 34.5 Å². The minimum Gasteiger partial charge on any atom is -0.351 e. The average Bonchev–Trinajstić information content (AvgIpc) is 3.18. The van der Waals surface area contributed by atoms with E-state index in [9.17, 15) is 4.79 Å². The number of nitrogens with one attached hydrogen (secondary N) is 1. The van der Waals surface area contributed by atoms with Crippen molar-refractivity contribution in [3.8, 4) is 23.2 Å². The summed E-state index contributed by atoms with van der Waals surface area (Å²) in [7, 11) is 0. The molecule has 0 bridgehead atoms. The summed E-state index contributed by atoms with van der Waals surface area (Å²) in [5.41, 5.74) is 0.994. The highest BCUT2D eigenvalue weighted by Crippen LogP contribution is 2.27. The fourth-order valence-electron chi connectivity index (χ4n) is 2.18. The van der Waals surface area contributed by atoms with Gasteiger partial charge in [-0.15, -0.1) is 0 Å². The molecule has 0 atom stereocenters. The Morgan fingerprint density at radius 1 is 1.23 bits per heavy atom. The molecule has 3 rings (SSSR count). The van der Waals surface area contributed by atoms with Crippen molar-refractivity contribution >= 4 is 0 Å². The lowest BCUT2D eigenvalue weighted by atomic mass is 9.99. The second-order valence-corrected chi connectivity index (χ2v) is 4.85. The van der Waals surface area contributed by atoms with E-state index in [2.05, 4.69) is 39.1 Å². The standard InChI is InChI=1S/C14H15N5O3/c1-3-8(4-2)9-5-11(21-18-9)14-17-13(19-22-14)10-6-16-12(20)7-15-10/h5-8H,3-4H2,1-2H3,(H,16,20). The monoisotopic (exact) mass is 301 g/mol. The summed E-state index contributed by atoms with van der Waals surface area (Å²) in [6.45, 7) is 4.21. The van der Waals surface area contributed by atoms with Crippen LogP contribution >= 0.6 is 0 Å². The number of rotatable bonds is 5. The van der Waals surface area contributed by atoms with Crippen molar-refractivity contribution in [3.63, 3.8) is 0 Å². The van der Waals surface area contributed by atoms with E-state index in [1.807, 2.05) is 6.07 Å². The predicted octanol–water partition coefficient (Wildman–Crippen LogP) is 2.38. The summed E-state index contributed by atoms with van der Waals surface area (Å²) in [6, 6.07) is 1.81. The summed E-state index contributed by atoms with van der Waals surface area (Å²) < 4.78 is 10.4. The highest BCUT2D eigenvalue weighted by Gasteiger charge is 2.19. The first kappa shape index (κ1) is 14.2. The molecule has 0 aromatic carbocycles. The van der Waals surface area contributed by atoms with Gasteiger partial charge in [-0.25, -0.2) is 4.98 Å². The molecule has 0 spiro atoms. The number of H-pyrrole nitrogens is 1. The third-order valence-electron chi connectivity index (χ3n) is 3.47. The van der Waals surface area contributed by atoms with Gasteiger partial charge in [-0.1, -0.05) is 24.2 Å². The van der Waals surface area contributed by atoms with Gasteiger partial charge in [0.05, 0.1) is 11.9 Å². The molecule has 0 saturated heterocycles. The van der Waals surface area contributed by atoms with E-state index in [0.29, 0.717) is 17.4 Å². The van der Waals surface area contributed by atoms with Crippen LogP contribution in [0.15, 0.2) is 32.3 Å². The van der Waals surface area contributed by atoms with Crippen LogP contribution in [0.5, 0.6) is 0 Å². The Morgan fingerprint density at radius 2 is 2.05 bits per heavy atom. The average molecular weight is 301 g/mol. The van der Waals surface area contributed by atoms with Crippen LogP contribution in [0.1, 0.15) is 38.3 Å². The molecule has 0 unspecified atom stereocenters. The molecule has 8 heteroatoms. The molecule has 22 heavy (non-hydrogen) atoms. The van der Waals surface area contributed by atoms with E-state index in [-0.39, 0.29) is 17.3 Å². The first-order chi connectivity index (χ1) is 10.7. The van der Waals surface area contributed by atoms with Crippen LogP contribution in [0.25, 0.3) is 23.2 Å². The third-order valence-corrected chi connectivity index (χ3v) is 3.47. The maximum absolute atomic E-state index is 11.0. The lowest BCUT2D eigenvalue weighted by molar-refractivity contribution is 0.378. The van der Waals surface area contributed by atoms with Crippen molar-refractivity contribution in [2.45, 2.75) is 32.6 Å². The number of hydrogen-bond donors (Lipinski definition) is 1. The molecule has 3 aromatic heterocycles. The molecule has 0 aliphatic carbocycles. The molecule has 0 saturated carbocycles. The normalized spacial score (nSPS) is 11.2. The van der Waals surface area contributed by atoms with Crippen LogP contribution in [-0.4, -0.2) is 25.3 Å². The van der Waals surface area contributed by atoms with E-state index in [4.69, 9.17) is 9.05 Å². The second kappa shape index (κ2) is 5.92. The lowest BCUT2D eigenvalue weighted by Gasteiger charge is -2.05. The highest BCUT2D eigenvalue weighted by molar-refractivity contribution is 5.52. The number of aromatic nitrogens is 5. The van der Waals surface area contributed by atoms with Gasteiger partial charge in [0, 0.05) is 18.2 Å². The lowest BCUT2D eigenvalue weighted by Crippen LogP contribution is -2.04. The Labute approximate surface area is 125 Å². The van der Waals surface area contributed by atoms with E-state index < -0.39 is 0 Å². The Bertz CT molecular complexity index is 795. The van der Waals surface area contributed by atoms with Crippen molar-refractivity contribution in [2.75, 3.05) is 0 Å². The summed E-state index contributed by atoms with van der Waals surface area (Å²) in [5.74, 6) is 1.27. The summed E-state index contributed by atoms with van der Waals surface area (Å²) >= 11 is 0. The van der Waals surface area contributed by atoms with Gasteiger partial charge in [-0.2, -0.15) is 4.98 Å². The van der Waals surface area contributed by atoms with E-state index in [1.54, 1.807) is 0 Å². The van der Waals surface area contributed by atoms with Crippen molar-refractivity contribution < 1.29 is 9.05 Å². The van der Waals surface area contributed by atoms with Crippen LogP contribution in [0.3, 0.4) is 0 Å². The van der Waals surface area contributed by atoms with Gasteiger partial charge in [0.25, 0.3) is 11.4 Å². The number of nitrogens with zero attached hydrogens (tertiary/aromatic N) is 4. The number of aromatic amines is 1. The van der Waals surface area contributed by atoms with Gasteiger partial charge in [-0.3, -0.25) is 4.79 Å². The van der Waals surface area contributed by atoms with Crippen LogP contribution < -0.4 is 5.56 Å². The number of hydrogen-bond acceptors (Lipinski definition) is 7. The quantitative estimate of drug-likeness (QED) is 0.770. The van der Waals surface area contributed by atoms with Gasteiger partial charge >= 0.3 is 0 Å². The van der Waals surface area contributed by atoms with Crippen LogP contribution in [-0.2, 0) is 0 Å². The van der Waals surface area contributed by atoms with Crippen molar-refractivity contribution in [2.24, 2.45) is 0 Å². The van der Waals surface area contributed by atoms with E-state index in [0.717, 1.165) is 24.7 Å². The first-order valence-corrected chi connectivity index (χ1v) is 7.07. The molecule has 1 N–H and O–H groups in total. The fraction of sp³-hybridized carbons (Fsp3) is 0.357. The van der Waals surface area contributed by atoms with Crippen molar-refractivity contribution in [1.29, 1.82) is 0 Å². The highest BCUT2D eigenvalue weighted by atomic mass is 16.5. The summed E-state index contributed by atoms with van der Waals surface area (Å²) in [5, 5.41) is 7.89. The maximum atomic E-state index is 11.0. The maximum Gasteiger partial charge on any atom is 0.296 e. The Hall–Kier alpha value is -2.77. The summed E-state index contributed by atoms with van der Waals surface area (Å²) in [6.07, 6.45) is 4.55. The third kappa shape index (κ3) is 2.67. The Morgan fingerprint density at radius 3 is 2.73 bits per heavy atom. The molecule has 0 amide bonds. The van der Waals surface area contributed by atoms with E-state index >= 15 is 0 Å². The Balaban J connectivity index is 1.87. The van der Waals surface area contributed by atoms with Gasteiger partial charge in [-0.05, 0) is 12.8 Å². The molecule has 8 nitrogen and oxygen atoms in total. The summed E-state index contributed by atoms with van der Waals surface area (Å²) in [4.78, 5) is 21.7. The van der Waals surface area contributed by atoms with Crippen LogP contribution in [0.2, 0.25) is 0 Å². The largest absolute Gasteiger partial charge is 0.351 e. The molecule has 114 valence electrons. The zero-order valence-electron chi connectivity index (χ0n) is 12.2. The van der Waals surface area contributed by atoms with Gasteiger partial charge in [0.1, 0.15) is 5.69 Å². The smallest absolute Gasteiger partial charge is 0.296 e. The fourth-order valence-corrected chi connectivity index (χ4v) is 2.18. The van der Waals surface area contributed by atoms with Gasteiger partial charge in [0.15, 0.2) is 0 Å². The Kier molecular flexibility index (Phi) is 3.82. The molecule has 0 fully saturated rings. The molecule has 3 aromatic rings. The molecular formula is C14H15N5O3. The molecule has 0 radical (unpaired) electrons. The zero-order valence-corrected chi connectivity index (χ0v) is 12.2. The minimum atomic E-state index is -0.294. The predicted molar refractivity (Wildman–Crippen MR) is 77.0 cm³/mol. The van der Waals surface area contributed by atoms with Crippen LogP contribution in [0, 0.1) is 0 Å². The van der Waals surface area contributed by atoms with Crippen molar-refractivity contribution in [1.82, 2.24) is 25.3 Å². The first-order valence-electron chi connectivity index (χ1n) is 7.07. The molecule has 0 aliphatic heterocycles. The molecule has 3 heterocycles. The topological polar surface area (TPSA) is 111 Å². The molecule has 0 aliphatic rings. The van der Waals surface area contributed by atoms with Gasteiger partial charge < -0.3 is 14.0 Å². The van der Waals surface area contributed by atoms with Gasteiger partial charge in [0.2, 0.25) is 11.6 Å². The zero-order chi connectivity index (χ0) is 15.5. The van der Waals surface area contributed by atoms with Crippen LogP contribution in [0.4, 0.5) is 0 Å². The SMILES string of the molecule is CCC(CC)c1cc(-c2nc(-c3c[nH]c(=O)cn3)no2)on1. The minimum absolute atomic E-state index is 0.229. The second-order valence-electron chi connectivity index (χ2n) is 4.85. The molecular weight excluding hydrogens is 286 g/mol.